The van der Waals surface area contributed by atoms with Gasteiger partial charge in [0.1, 0.15) is 11.0 Å². The van der Waals surface area contributed by atoms with Crippen molar-refractivity contribution < 1.29 is 14.3 Å². The van der Waals surface area contributed by atoms with E-state index in [1.54, 1.807) is 19.2 Å². The number of rotatable bonds is 5. The summed E-state index contributed by atoms with van der Waals surface area (Å²) < 4.78 is 19.2. The van der Waals surface area contributed by atoms with Crippen LogP contribution < -0.4 is 9.47 Å². The number of methoxy groups -OCH3 is 2. The Kier molecular flexibility index (Phi) is 4.96. The fraction of sp³-hybridized carbons (Fsp3) is 0.333. The van der Waals surface area contributed by atoms with E-state index in [0.717, 1.165) is 27.9 Å². The van der Waals surface area contributed by atoms with Crippen molar-refractivity contribution in [3.63, 3.8) is 0 Å². The SMILES string of the molecule is COc1ccc(C2=NN(C(=O)Cc3ccc4nsnc4c3)CC2(C)C)cc1OC. The Morgan fingerprint density at radius 2 is 1.83 bits per heavy atom. The fourth-order valence-corrected chi connectivity index (χ4v) is 4.04. The van der Waals surface area contributed by atoms with Gasteiger partial charge >= 0.3 is 0 Å². The van der Waals surface area contributed by atoms with E-state index in [1.165, 1.54) is 11.7 Å². The van der Waals surface area contributed by atoms with Crippen molar-refractivity contribution in [1.29, 1.82) is 0 Å². The Morgan fingerprint density at radius 3 is 2.59 bits per heavy atom. The molecule has 1 aliphatic heterocycles. The lowest BCUT2D eigenvalue weighted by atomic mass is 9.84. The molecule has 0 unspecified atom stereocenters. The summed E-state index contributed by atoms with van der Waals surface area (Å²) in [7, 11) is 3.21. The minimum atomic E-state index is -0.280. The minimum absolute atomic E-state index is 0.0453. The van der Waals surface area contributed by atoms with Gasteiger partial charge in [-0.05, 0) is 35.9 Å². The van der Waals surface area contributed by atoms with E-state index in [-0.39, 0.29) is 17.7 Å². The molecule has 4 rings (SSSR count). The average molecular weight is 410 g/mol. The van der Waals surface area contributed by atoms with Gasteiger partial charge in [0, 0.05) is 11.0 Å². The Bertz CT molecular complexity index is 1110. The van der Waals surface area contributed by atoms with E-state index >= 15 is 0 Å². The first-order chi connectivity index (χ1) is 13.9. The van der Waals surface area contributed by atoms with Gasteiger partial charge in [0.2, 0.25) is 5.91 Å². The van der Waals surface area contributed by atoms with Crippen molar-refractivity contribution in [2.75, 3.05) is 20.8 Å². The highest BCUT2D eigenvalue weighted by molar-refractivity contribution is 7.00. The Labute approximate surface area is 173 Å². The van der Waals surface area contributed by atoms with Crippen LogP contribution in [0.5, 0.6) is 11.5 Å². The summed E-state index contributed by atoms with van der Waals surface area (Å²) in [6, 6.07) is 11.4. The minimum Gasteiger partial charge on any atom is -0.493 e. The first-order valence-electron chi connectivity index (χ1n) is 9.24. The lowest BCUT2D eigenvalue weighted by Crippen LogP contribution is -2.32. The number of amides is 1. The number of hydrogen-bond acceptors (Lipinski definition) is 7. The molecule has 0 aliphatic carbocycles. The van der Waals surface area contributed by atoms with Crippen LogP contribution in [0.3, 0.4) is 0 Å². The van der Waals surface area contributed by atoms with E-state index in [1.807, 2.05) is 36.4 Å². The van der Waals surface area contributed by atoms with Crippen molar-refractivity contribution >= 4 is 34.4 Å². The summed E-state index contributed by atoms with van der Waals surface area (Å²) in [4.78, 5) is 12.9. The van der Waals surface area contributed by atoms with Gasteiger partial charge in [0.15, 0.2) is 11.5 Å². The van der Waals surface area contributed by atoms with E-state index in [4.69, 9.17) is 9.47 Å². The van der Waals surface area contributed by atoms with Crippen LogP contribution in [0.2, 0.25) is 0 Å². The van der Waals surface area contributed by atoms with Crippen molar-refractivity contribution in [3.8, 4) is 11.5 Å². The molecule has 0 saturated heterocycles. The van der Waals surface area contributed by atoms with E-state index in [0.29, 0.717) is 18.0 Å². The first kappa shape index (κ1) is 19.3. The van der Waals surface area contributed by atoms with E-state index in [9.17, 15) is 4.79 Å². The predicted octanol–water partition coefficient (Wildman–Crippen LogP) is 3.52. The van der Waals surface area contributed by atoms with Gasteiger partial charge in [-0.1, -0.05) is 19.9 Å². The summed E-state index contributed by atoms with van der Waals surface area (Å²) in [6.45, 7) is 4.70. The molecule has 2 aromatic carbocycles. The van der Waals surface area contributed by atoms with Crippen molar-refractivity contribution in [3.05, 3.63) is 47.5 Å². The number of nitrogens with zero attached hydrogens (tertiary/aromatic N) is 4. The first-order valence-corrected chi connectivity index (χ1v) is 9.97. The zero-order chi connectivity index (χ0) is 20.6. The van der Waals surface area contributed by atoms with Gasteiger partial charge in [-0.25, -0.2) is 5.01 Å². The van der Waals surface area contributed by atoms with Gasteiger partial charge < -0.3 is 9.47 Å². The number of carbonyl (C=O) groups is 1. The lowest BCUT2D eigenvalue weighted by molar-refractivity contribution is -0.130. The third-order valence-electron chi connectivity index (χ3n) is 5.03. The molecule has 1 amide bonds. The van der Waals surface area contributed by atoms with Crippen molar-refractivity contribution in [2.45, 2.75) is 20.3 Å². The zero-order valence-electron chi connectivity index (χ0n) is 16.8. The maximum Gasteiger partial charge on any atom is 0.247 e. The highest BCUT2D eigenvalue weighted by Crippen LogP contribution is 2.35. The van der Waals surface area contributed by atoms with Crippen LogP contribution in [0.25, 0.3) is 11.0 Å². The molecule has 0 radical (unpaired) electrons. The quantitative estimate of drug-likeness (QED) is 0.643. The third-order valence-corrected chi connectivity index (χ3v) is 5.58. The topological polar surface area (TPSA) is 76.9 Å². The fourth-order valence-electron chi connectivity index (χ4n) is 3.52. The smallest absolute Gasteiger partial charge is 0.247 e. The molecule has 0 atom stereocenters. The molecule has 0 spiro atoms. The monoisotopic (exact) mass is 410 g/mol. The number of carbonyl (C=O) groups excluding carboxylic acids is 1. The molecular weight excluding hydrogens is 388 g/mol. The van der Waals surface area contributed by atoms with Crippen LogP contribution in [-0.2, 0) is 11.2 Å². The summed E-state index contributed by atoms with van der Waals surface area (Å²) in [5.41, 5.74) is 4.06. The molecule has 3 aromatic rings. The molecule has 2 heterocycles. The maximum atomic E-state index is 12.9. The number of hydrazone groups is 1. The molecule has 8 heteroatoms. The summed E-state index contributed by atoms with van der Waals surface area (Å²) >= 11 is 1.17. The molecule has 0 bridgehead atoms. The maximum absolute atomic E-state index is 12.9. The highest BCUT2D eigenvalue weighted by atomic mass is 32.1. The van der Waals surface area contributed by atoms with Gasteiger partial charge in [-0.2, -0.15) is 13.8 Å². The molecule has 1 aromatic heterocycles. The molecular formula is C21H22N4O3S. The number of benzene rings is 2. The average Bonchev–Trinajstić information content (AvgIpc) is 3.30. The Morgan fingerprint density at radius 1 is 1.07 bits per heavy atom. The Hall–Kier alpha value is -3.00. The van der Waals surface area contributed by atoms with Gasteiger partial charge in [-0.15, -0.1) is 0 Å². The van der Waals surface area contributed by atoms with Crippen molar-refractivity contribution in [1.82, 2.24) is 13.8 Å². The zero-order valence-corrected chi connectivity index (χ0v) is 17.6. The second-order valence-electron chi connectivity index (χ2n) is 7.62. The highest BCUT2D eigenvalue weighted by Gasteiger charge is 2.37. The number of fused-ring (bicyclic) bond motifs is 1. The van der Waals surface area contributed by atoms with Crippen LogP contribution in [0.1, 0.15) is 25.0 Å². The van der Waals surface area contributed by atoms with Crippen LogP contribution in [0.15, 0.2) is 41.5 Å². The second kappa shape index (κ2) is 7.44. The summed E-state index contributed by atoms with van der Waals surface area (Å²) in [5.74, 6) is 1.25. The van der Waals surface area contributed by atoms with Gasteiger partial charge in [0.25, 0.3) is 0 Å². The van der Waals surface area contributed by atoms with Crippen LogP contribution >= 0.6 is 11.7 Å². The van der Waals surface area contributed by atoms with Crippen molar-refractivity contribution in [2.24, 2.45) is 10.5 Å². The number of ether oxygens (including phenoxy) is 2. The number of aromatic nitrogens is 2. The molecule has 7 nitrogen and oxygen atoms in total. The second-order valence-corrected chi connectivity index (χ2v) is 8.15. The largest absolute Gasteiger partial charge is 0.493 e. The third kappa shape index (κ3) is 3.67. The van der Waals surface area contributed by atoms with E-state index in [2.05, 4.69) is 27.7 Å². The molecule has 1 aliphatic rings. The van der Waals surface area contributed by atoms with Gasteiger partial charge in [-0.3, -0.25) is 4.79 Å². The van der Waals surface area contributed by atoms with E-state index < -0.39 is 0 Å². The standard InChI is InChI=1S/C21H22N4O3S/c1-21(2)12-25(19(26)10-13-5-7-15-16(9-13)24-29-23-15)22-20(21)14-6-8-17(27-3)18(11-14)28-4/h5-9,11H,10,12H2,1-4H3. The van der Waals surface area contributed by atoms with Gasteiger partial charge in [0.05, 0.1) is 44.6 Å². The molecule has 0 saturated carbocycles. The predicted molar refractivity (Wildman–Crippen MR) is 113 cm³/mol. The van der Waals surface area contributed by atoms with Crippen LogP contribution in [0.4, 0.5) is 0 Å². The normalized spacial score (nSPS) is 15.4. The number of hydrogen-bond donors (Lipinski definition) is 0. The molecule has 150 valence electrons. The summed E-state index contributed by atoms with van der Waals surface area (Å²) in [6.07, 6.45) is 0.270. The summed E-state index contributed by atoms with van der Waals surface area (Å²) in [5, 5.41) is 6.23. The van der Waals surface area contributed by atoms with Crippen LogP contribution in [0, 0.1) is 5.41 Å². The van der Waals surface area contributed by atoms with Crippen LogP contribution in [-0.4, -0.2) is 46.1 Å². The molecule has 0 fully saturated rings. The molecule has 0 N–H and O–H groups in total. The molecule has 29 heavy (non-hydrogen) atoms. The Balaban J connectivity index is 1.59. The lowest BCUT2D eigenvalue weighted by Gasteiger charge is -2.21.